The minimum absolute atomic E-state index is 0.0189. The highest BCUT2D eigenvalue weighted by Gasteiger charge is 2.56. The maximum Gasteiger partial charge on any atom is 0.419 e. The van der Waals surface area contributed by atoms with E-state index in [-0.39, 0.29) is 29.6 Å². The number of Topliss-reactive ketones (excluding diaryl/α,β-unsaturated/α-hetero) is 1. The number of pyridine rings is 1. The zero-order valence-corrected chi connectivity index (χ0v) is 14.5. The lowest BCUT2D eigenvalue weighted by Crippen LogP contribution is -2.37. The number of likely N-dealkylation sites (tertiary alicyclic amines) is 1. The number of rotatable bonds is 5. The molecule has 12 heteroatoms. The Bertz CT molecular complexity index is 858. The number of fused-ring (bicyclic) bond motifs is 1. The van der Waals surface area contributed by atoms with Crippen LogP contribution in [0.5, 0.6) is 0 Å². The van der Waals surface area contributed by atoms with Gasteiger partial charge in [0.2, 0.25) is 12.0 Å². The molecule has 27 heavy (non-hydrogen) atoms. The number of amides is 2. The van der Waals surface area contributed by atoms with Crippen LogP contribution in [-0.4, -0.2) is 47.4 Å². The van der Waals surface area contributed by atoms with E-state index >= 15 is 0 Å². The Morgan fingerprint density at radius 3 is 2.70 bits per heavy atom. The molecule has 0 saturated carbocycles. The lowest BCUT2D eigenvalue weighted by Gasteiger charge is -2.14. The molecule has 8 nitrogen and oxygen atoms in total. The summed E-state index contributed by atoms with van der Waals surface area (Å²) in [7, 11) is 0. The molecule has 2 atom stereocenters. The molecule has 0 aromatic carbocycles. The molecule has 2 aliphatic rings. The lowest BCUT2D eigenvalue weighted by molar-refractivity contribution is -0.364. The predicted molar refractivity (Wildman–Crippen MR) is 84.7 cm³/mol. The molecule has 2 aliphatic heterocycles. The van der Waals surface area contributed by atoms with Crippen LogP contribution in [0.1, 0.15) is 12.5 Å². The smallest absolute Gasteiger partial charge is 0.381 e. The minimum Gasteiger partial charge on any atom is -0.381 e. The third kappa shape index (κ3) is 3.46. The van der Waals surface area contributed by atoms with E-state index in [4.69, 9.17) is 16.4 Å². The highest BCUT2D eigenvalue weighted by molar-refractivity contribution is 6.45. The van der Waals surface area contributed by atoms with E-state index in [0.29, 0.717) is 0 Å². The molecule has 2 amide bonds. The molecule has 0 spiro atoms. The standard InChI is InChI=1S/C15H12ClF3N4O4/c1-6(24)10-9-11(27-22-10)14(26)23(13(9)25)3-2-20-12-8(16)4-7(5-21-12)15(17,18)19/h4-5,9,11H,2-3H2,1H3,(H,20,21)/p+1/t9-,11+/m0/s1. The van der Waals surface area contributed by atoms with E-state index in [1.54, 1.807) is 0 Å². The molecule has 144 valence electrons. The van der Waals surface area contributed by atoms with Crippen LogP contribution in [0.3, 0.4) is 0 Å². The van der Waals surface area contributed by atoms with Crippen molar-refractivity contribution in [2.75, 3.05) is 18.4 Å². The van der Waals surface area contributed by atoms with Crippen LogP contribution >= 0.6 is 11.6 Å². The van der Waals surface area contributed by atoms with Crippen LogP contribution in [0.15, 0.2) is 17.4 Å². The number of aromatic nitrogens is 1. The fourth-order valence-electron chi connectivity index (χ4n) is 2.80. The van der Waals surface area contributed by atoms with Crippen molar-refractivity contribution >= 4 is 40.7 Å². The van der Waals surface area contributed by atoms with Gasteiger partial charge < -0.3 is 4.84 Å². The Kier molecular flexibility index (Phi) is 4.81. The van der Waals surface area contributed by atoms with Gasteiger partial charge in [-0.1, -0.05) is 16.8 Å². The summed E-state index contributed by atoms with van der Waals surface area (Å²) in [4.78, 5) is 44.3. The summed E-state index contributed by atoms with van der Waals surface area (Å²) in [6.45, 7) is 1.14. The first-order valence-corrected chi connectivity index (χ1v) is 8.11. The second kappa shape index (κ2) is 6.80. The van der Waals surface area contributed by atoms with E-state index in [0.717, 1.165) is 17.2 Å². The Hall–Kier alpha value is -2.69. The highest BCUT2D eigenvalue weighted by atomic mass is 35.5. The molecule has 0 bridgehead atoms. The molecule has 1 fully saturated rings. The highest BCUT2D eigenvalue weighted by Crippen LogP contribution is 2.32. The van der Waals surface area contributed by atoms with Crippen molar-refractivity contribution in [3.63, 3.8) is 0 Å². The van der Waals surface area contributed by atoms with Crippen molar-refractivity contribution in [1.82, 2.24) is 4.90 Å². The Balaban J connectivity index is 1.63. The fourth-order valence-corrected chi connectivity index (χ4v) is 3.04. The van der Waals surface area contributed by atoms with Crippen LogP contribution in [0.25, 0.3) is 0 Å². The Morgan fingerprint density at radius 2 is 2.11 bits per heavy atom. The van der Waals surface area contributed by atoms with E-state index in [1.165, 1.54) is 6.92 Å². The molecule has 2 N–H and O–H groups in total. The van der Waals surface area contributed by atoms with Crippen LogP contribution in [0.2, 0.25) is 5.02 Å². The number of H-pyrrole nitrogens is 1. The summed E-state index contributed by atoms with van der Waals surface area (Å²) in [5, 5.41) is 6.01. The van der Waals surface area contributed by atoms with Gasteiger partial charge >= 0.3 is 6.18 Å². The number of alkyl halides is 3. The first-order valence-electron chi connectivity index (χ1n) is 7.73. The van der Waals surface area contributed by atoms with E-state index in [2.05, 4.69) is 15.5 Å². The predicted octanol–water partition coefficient (Wildman–Crippen LogP) is 0.914. The molecule has 0 radical (unpaired) electrons. The normalized spacial score (nSPS) is 21.8. The molecule has 0 aliphatic carbocycles. The zero-order valence-electron chi connectivity index (χ0n) is 13.8. The first kappa shape index (κ1) is 19.1. The molecule has 1 saturated heterocycles. The zero-order chi connectivity index (χ0) is 19.9. The van der Waals surface area contributed by atoms with Crippen LogP contribution < -0.4 is 10.3 Å². The summed E-state index contributed by atoms with van der Waals surface area (Å²) < 4.78 is 37.9. The van der Waals surface area contributed by atoms with Crippen LogP contribution in [0.4, 0.5) is 19.0 Å². The summed E-state index contributed by atoms with van der Waals surface area (Å²) >= 11 is 5.81. The summed E-state index contributed by atoms with van der Waals surface area (Å²) in [5.41, 5.74) is -1.04. The van der Waals surface area contributed by atoms with Crippen molar-refractivity contribution < 1.29 is 37.4 Å². The number of aromatic amines is 1. The number of ketones is 1. The average molecular weight is 406 g/mol. The summed E-state index contributed by atoms with van der Waals surface area (Å²) in [6, 6.07) is 0.750. The second-order valence-electron chi connectivity index (χ2n) is 5.90. The number of carbonyl (C=O) groups excluding carboxylic acids is 3. The maximum atomic E-state index is 12.6. The molecule has 1 aromatic heterocycles. The molecule has 0 unspecified atom stereocenters. The SMILES string of the molecule is CC(=O)C1=NO[C@H]2C(=O)N(CCNc3[nH+]cc(C(F)(F)F)cc3Cl)C(=O)[C@@H]12. The van der Waals surface area contributed by atoms with Gasteiger partial charge in [-0.15, -0.1) is 0 Å². The molecule has 1 aromatic rings. The van der Waals surface area contributed by atoms with Crippen LogP contribution in [-0.2, 0) is 25.4 Å². The van der Waals surface area contributed by atoms with Crippen molar-refractivity contribution in [3.05, 3.63) is 22.8 Å². The van der Waals surface area contributed by atoms with Crippen LogP contribution in [0, 0.1) is 5.92 Å². The topological polar surface area (TPSA) is 102 Å². The second-order valence-corrected chi connectivity index (χ2v) is 6.31. The number of imide groups is 1. The van der Waals surface area contributed by atoms with Gasteiger partial charge in [-0.25, -0.2) is 4.98 Å². The van der Waals surface area contributed by atoms with E-state index < -0.39 is 41.4 Å². The fraction of sp³-hybridized carbons (Fsp3) is 0.400. The summed E-state index contributed by atoms with van der Waals surface area (Å²) in [5.74, 6) is -2.66. The van der Waals surface area contributed by atoms with Gasteiger partial charge in [-0.05, 0) is 6.07 Å². The van der Waals surface area contributed by atoms with Gasteiger partial charge in [0.1, 0.15) is 29.4 Å². The monoisotopic (exact) mass is 405 g/mol. The number of oxime groups is 1. The quantitative estimate of drug-likeness (QED) is 0.734. The minimum atomic E-state index is -4.54. The number of hydrogen-bond acceptors (Lipinski definition) is 6. The maximum absolute atomic E-state index is 12.6. The van der Waals surface area contributed by atoms with Crippen molar-refractivity contribution in [3.8, 4) is 0 Å². The number of carbonyl (C=O) groups is 3. The third-order valence-corrected chi connectivity index (χ3v) is 4.42. The third-order valence-electron chi connectivity index (χ3n) is 4.12. The molecular formula is C15H13ClF3N4O4+. The van der Waals surface area contributed by atoms with Crippen molar-refractivity contribution in [2.45, 2.75) is 19.2 Å². The Morgan fingerprint density at radius 1 is 1.41 bits per heavy atom. The van der Waals surface area contributed by atoms with Gasteiger partial charge in [0, 0.05) is 6.92 Å². The van der Waals surface area contributed by atoms with Gasteiger partial charge in [-0.2, -0.15) is 13.2 Å². The average Bonchev–Trinajstić information content (AvgIpc) is 3.11. The van der Waals surface area contributed by atoms with Crippen molar-refractivity contribution in [1.29, 1.82) is 0 Å². The van der Waals surface area contributed by atoms with Gasteiger partial charge in [0.15, 0.2) is 5.78 Å². The number of nitrogens with one attached hydrogen (secondary N) is 2. The number of hydrogen-bond donors (Lipinski definition) is 1. The number of nitrogens with zero attached hydrogens (tertiary/aromatic N) is 2. The molecule has 3 rings (SSSR count). The van der Waals surface area contributed by atoms with Gasteiger partial charge in [0.05, 0.1) is 12.1 Å². The first-order chi connectivity index (χ1) is 12.6. The Labute approximate surface area is 155 Å². The largest absolute Gasteiger partial charge is 0.419 e. The van der Waals surface area contributed by atoms with E-state index in [9.17, 15) is 27.6 Å². The molecule has 3 heterocycles. The number of anilines is 1. The lowest BCUT2D eigenvalue weighted by atomic mass is 9.97. The summed E-state index contributed by atoms with van der Waals surface area (Å²) in [6.07, 6.45) is -4.95. The van der Waals surface area contributed by atoms with Gasteiger partial charge in [0.25, 0.3) is 11.7 Å². The molecular weight excluding hydrogens is 393 g/mol. The van der Waals surface area contributed by atoms with E-state index in [1.807, 2.05) is 0 Å². The van der Waals surface area contributed by atoms with Gasteiger partial charge in [-0.3, -0.25) is 24.6 Å². The van der Waals surface area contributed by atoms with Crippen molar-refractivity contribution in [2.24, 2.45) is 11.1 Å². The number of halogens is 4.